The third-order valence-electron chi connectivity index (χ3n) is 7.93. The van der Waals surface area contributed by atoms with E-state index in [0.717, 1.165) is 43.0 Å². The van der Waals surface area contributed by atoms with Crippen LogP contribution in [0.3, 0.4) is 0 Å². The fraction of sp³-hybridized carbons (Fsp3) is 0.559. The lowest BCUT2D eigenvalue weighted by Gasteiger charge is -2.25. The van der Waals surface area contributed by atoms with Gasteiger partial charge in [-0.1, -0.05) is 13.0 Å². The van der Waals surface area contributed by atoms with Crippen LogP contribution < -0.4 is 21.5 Å². The molecule has 0 unspecified atom stereocenters. The van der Waals surface area contributed by atoms with Gasteiger partial charge in [-0.25, -0.2) is 0 Å². The van der Waals surface area contributed by atoms with Crippen LogP contribution in [-0.2, 0) is 6.54 Å². The average Bonchev–Trinajstić information content (AvgIpc) is 3.00. The summed E-state index contributed by atoms with van der Waals surface area (Å²) in [4.78, 5) is 47.3. The molecule has 0 bridgehead atoms. The molecule has 1 aromatic heterocycles. The molecule has 1 amide bonds. The van der Waals surface area contributed by atoms with Crippen molar-refractivity contribution in [2.45, 2.75) is 45.6 Å². The summed E-state index contributed by atoms with van der Waals surface area (Å²) in [5.74, 6) is -0.247. The van der Waals surface area contributed by atoms with Gasteiger partial charge in [0.2, 0.25) is 0 Å². The lowest BCUT2D eigenvalue weighted by Crippen LogP contribution is -2.36. The molecular formula is C34H52N6O5. The maximum atomic E-state index is 14.4. The van der Waals surface area contributed by atoms with Crippen LogP contribution in [0, 0.1) is 0 Å². The number of carbonyl (C=O) groups is 2. The molecule has 0 fully saturated rings. The molecule has 2 aromatic carbocycles. The number of carbonyl (C=O) groups excluding carboxylic acids is 2. The number of pyridine rings is 1. The zero-order valence-corrected chi connectivity index (χ0v) is 27.9. The number of aliphatic hydroxyl groups excluding tert-OH is 2. The molecule has 45 heavy (non-hydrogen) atoms. The first-order valence-electron chi connectivity index (χ1n) is 16.0. The Bertz CT molecular complexity index is 1570. The Labute approximate surface area is 266 Å². The van der Waals surface area contributed by atoms with E-state index in [1.165, 1.54) is 0 Å². The fourth-order valence-corrected chi connectivity index (χ4v) is 5.78. The number of nitrogens with one attached hydrogen (secondary N) is 2. The predicted molar refractivity (Wildman–Crippen MR) is 185 cm³/mol. The average molecular weight is 625 g/mol. The van der Waals surface area contributed by atoms with E-state index in [4.69, 9.17) is 0 Å². The van der Waals surface area contributed by atoms with Crippen LogP contribution in [0.1, 0.15) is 59.7 Å². The monoisotopic (exact) mass is 624 g/mol. The van der Waals surface area contributed by atoms with Gasteiger partial charge >= 0.3 is 0 Å². The van der Waals surface area contributed by atoms with E-state index >= 15 is 0 Å². The van der Waals surface area contributed by atoms with Gasteiger partial charge < -0.3 is 40.1 Å². The molecule has 0 aliphatic carbocycles. The van der Waals surface area contributed by atoms with Crippen LogP contribution in [0.15, 0.2) is 16.9 Å². The topological polar surface area (TPSA) is 130 Å². The molecule has 1 heterocycles. The highest BCUT2D eigenvalue weighted by Gasteiger charge is 2.27. The van der Waals surface area contributed by atoms with Gasteiger partial charge in [0.1, 0.15) is 0 Å². The van der Waals surface area contributed by atoms with Gasteiger partial charge in [-0.2, -0.15) is 0 Å². The van der Waals surface area contributed by atoms with E-state index in [-0.39, 0.29) is 24.7 Å². The summed E-state index contributed by atoms with van der Waals surface area (Å²) < 4.78 is 1.81. The zero-order chi connectivity index (χ0) is 33.1. The number of hydrogen-bond donors (Lipinski definition) is 4. The number of aliphatic hydroxyl groups is 2. The SMILES string of the molecule is CC/C=c1/c2c(NCCCO)cc(C=O)c3c(C(=O)N(C)CCCN(C)C)c(NCCCO)cc(c(=O)n1CCCN(C)C)c32. The quantitative estimate of drug-likeness (QED) is 0.117. The summed E-state index contributed by atoms with van der Waals surface area (Å²) in [5, 5.41) is 28.7. The van der Waals surface area contributed by atoms with Crippen molar-refractivity contribution in [2.24, 2.45) is 0 Å². The Hall–Kier alpha value is -3.51. The molecule has 248 valence electrons. The number of aromatic nitrogens is 1. The molecule has 0 saturated heterocycles. The van der Waals surface area contributed by atoms with Crippen molar-refractivity contribution >= 4 is 51.2 Å². The predicted octanol–water partition coefficient (Wildman–Crippen LogP) is 2.44. The summed E-state index contributed by atoms with van der Waals surface area (Å²) in [7, 11) is 9.74. The summed E-state index contributed by atoms with van der Waals surface area (Å²) in [6.07, 6.45) is 5.95. The first-order valence-corrected chi connectivity index (χ1v) is 16.0. The number of anilines is 2. The summed E-state index contributed by atoms with van der Waals surface area (Å²) >= 11 is 0. The normalized spacial score (nSPS) is 12.2. The number of benzene rings is 2. The van der Waals surface area contributed by atoms with Gasteiger partial charge in [0, 0.05) is 84.9 Å². The molecule has 3 aromatic rings. The number of aldehydes is 1. The van der Waals surface area contributed by atoms with Crippen molar-refractivity contribution in [3.63, 3.8) is 0 Å². The number of amides is 1. The first kappa shape index (κ1) is 36.0. The van der Waals surface area contributed by atoms with E-state index in [9.17, 15) is 24.6 Å². The van der Waals surface area contributed by atoms with Crippen molar-refractivity contribution < 1.29 is 19.8 Å². The zero-order valence-electron chi connectivity index (χ0n) is 27.9. The molecule has 11 heteroatoms. The lowest BCUT2D eigenvalue weighted by molar-refractivity contribution is 0.0793. The van der Waals surface area contributed by atoms with Crippen LogP contribution in [0.25, 0.3) is 27.6 Å². The van der Waals surface area contributed by atoms with Gasteiger partial charge in [0.15, 0.2) is 6.29 Å². The maximum absolute atomic E-state index is 14.4. The van der Waals surface area contributed by atoms with Crippen LogP contribution in [0.5, 0.6) is 0 Å². The third-order valence-corrected chi connectivity index (χ3v) is 7.93. The van der Waals surface area contributed by atoms with Crippen LogP contribution in [-0.4, -0.2) is 123 Å². The van der Waals surface area contributed by atoms with E-state index < -0.39 is 0 Å². The molecule has 0 radical (unpaired) electrons. The van der Waals surface area contributed by atoms with Crippen LogP contribution in [0.2, 0.25) is 0 Å². The third kappa shape index (κ3) is 8.61. The highest BCUT2D eigenvalue weighted by Crippen LogP contribution is 2.38. The van der Waals surface area contributed by atoms with E-state index in [1.54, 1.807) is 24.1 Å². The summed E-state index contributed by atoms with van der Waals surface area (Å²) in [5.41, 5.74) is 1.62. The highest BCUT2D eigenvalue weighted by molar-refractivity contribution is 6.26. The van der Waals surface area contributed by atoms with Crippen LogP contribution >= 0.6 is 0 Å². The second-order valence-corrected chi connectivity index (χ2v) is 12.1. The minimum atomic E-state index is -0.247. The number of nitrogens with zero attached hydrogens (tertiary/aromatic N) is 4. The summed E-state index contributed by atoms with van der Waals surface area (Å²) in [6.45, 7) is 5.49. The van der Waals surface area contributed by atoms with Gasteiger partial charge in [-0.3, -0.25) is 14.4 Å². The van der Waals surface area contributed by atoms with Crippen molar-refractivity contribution in [3.8, 4) is 0 Å². The minimum absolute atomic E-state index is 0.0101. The molecule has 0 aliphatic heterocycles. The Morgan fingerprint density at radius 1 is 0.844 bits per heavy atom. The van der Waals surface area contributed by atoms with E-state index in [2.05, 4.69) is 20.4 Å². The summed E-state index contributed by atoms with van der Waals surface area (Å²) in [6, 6.07) is 3.52. The Morgan fingerprint density at radius 2 is 1.47 bits per heavy atom. The molecule has 4 N–H and O–H groups in total. The minimum Gasteiger partial charge on any atom is -0.396 e. The van der Waals surface area contributed by atoms with Crippen LogP contribution in [0.4, 0.5) is 11.4 Å². The van der Waals surface area contributed by atoms with Gasteiger partial charge in [0.05, 0.1) is 10.9 Å². The van der Waals surface area contributed by atoms with E-state index in [1.807, 2.05) is 45.8 Å². The second kappa shape index (κ2) is 17.3. The Balaban J connectivity index is 2.49. The molecule has 0 atom stereocenters. The second-order valence-electron chi connectivity index (χ2n) is 12.1. The molecule has 0 spiro atoms. The maximum Gasteiger partial charge on any atom is 0.259 e. The standard InChI is InChI=1S/C34H52N6O5/c1-7-12-28-31-26(35-13-8-19-41)21-24(23-43)29-30(31)25(33(44)40(28)18-11-16-38(4)5)22-27(36-14-9-20-42)32(29)34(45)39(6)17-10-15-37(2)3/h12,21-23,35-36,41-42H,7-11,13-20H2,1-6H3/b28-12-. The lowest BCUT2D eigenvalue weighted by atomic mass is 9.90. The first-order chi connectivity index (χ1) is 21.6. The molecule has 0 saturated carbocycles. The fourth-order valence-electron chi connectivity index (χ4n) is 5.78. The molecule has 3 rings (SSSR count). The smallest absolute Gasteiger partial charge is 0.259 e. The van der Waals surface area contributed by atoms with Gasteiger partial charge in [-0.05, 0) is 85.5 Å². The number of rotatable bonds is 19. The molecule has 0 aliphatic rings. The van der Waals surface area contributed by atoms with Gasteiger partial charge in [0.25, 0.3) is 11.5 Å². The van der Waals surface area contributed by atoms with Crippen molar-refractivity contribution in [1.29, 1.82) is 0 Å². The van der Waals surface area contributed by atoms with E-state index in [0.29, 0.717) is 84.1 Å². The highest BCUT2D eigenvalue weighted by atomic mass is 16.3. The number of hydrogen-bond acceptors (Lipinski definition) is 9. The Morgan fingerprint density at radius 3 is 2.04 bits per heavy atom. The largest absolute Gasteiger partial charge is 0.396 e. The van der Waals surface area contributed by atoms with Gasteiger partial charge in [-0.15, -0.1) is 0 Å². The Kier molecular flexibility index (Phi) is 13.8. The van der Waals surface area contributed by atoms with Crippen molar-refractivity contribution in [2.75, 3.05) is 91.8 Å². The van der Waals surface area contributed by atoms with Crippen molar-refractivity contribution in [3.05, 3.63) is 39.0 Å². The molecular weight excluding hydrogens is 572 g/mol. The molecule has 11 nitrogen and oxygen atoms in total. The van der Waals surface area contributed by atoms with Crippen molar-refractivity contribution in [1.82, 2.24) is 19.3 Å².